The highest BCUT2D eigenvalue weighted by Gasteiger charge is 2.31. The zero-order chi connectivity index (χ0) is 19.5. The summed E-state index contributed by atoms with van der Waals surface area (Å²) in [6, 6.07) is 5.95. The predicted octanol–water partition coefficient (Wildman–Crippen LogP) is 3.76. The van der Waals surface area contributed by atoms with E-state index in [0.717, 1.165) is 57.3 Å². The molecule has 0 radical (unpaired) electrons. The summed E-state index contributed by atoms with van der Waals surface area (Å²) in [4.78, 5) is 35.1. The fourth-order valence-electron chi connectivity index (χ4n) is 4.59. The Kier molecular flexibility index (Phi) is 5.64. The monoisotopic (exact) mass is 382 g/mol. The highest BCUT2D eigenvalue weighted by molar-refractivity contribution is 6.02. The summed E-state index contributed by atoms with van der Waals surface area (Å²) in [6.07, 6.45) is 10.5. The minimum Gasteiger partial charge on any atom is -0.337 e. The van der Waals surface area contributed by atoms with Gasteiger partial charge in [0, 0.05) is 31.9 Å². The Bertz CT molecular complexity index is 851. The van der Waals surface area contributed by atoms with Crippen LogP contribution in [0, 0.1) is 0 Å². The Labute approximate surface area is 166 Å². The molecule has 1 atom stereocenters. The number of hydrogen-bond donors (Lipinski definition) is 0. The van der Waals surface area contributed by atoms with Crippen molar-refractivity contribution in [1.29, 1.82) is 0 Å². The molecule has 0 bridgehead atoms. The number of aromatic nitrogens is 2. The Balaban J connectivity index is 1.70. The van der Waals surface area contributed by atoms with Crippen molar-refractivity contribution in [3.63, 3.8) is 0 Å². The van der Waals surface area contributed by atoms with Crippen LogP contribution < -0.4 is 0 Å². The van der Waals surface area contributed by atoms with Crippen LogP contribution in [0.15, 0.2) is 24.4 Å². The normalized spacial score (nSPS) is 21.0. The van der Waals surface area contributed by atoms with E-state index in [-0.39, 0.29) is 17.9 Å². The Morgan fingerprint density at radius 3 is 2.50 bits per heavy atom. The molecule has 2 aliphatic rings. The molecular formula is C22H30N4O2. The summed E-state index contributed by atoms with van der Waals surface area (Å²) >= 11 is 0. The van der Waals surface area contributed by atoms with Crippen molar-refractivity contribution in [2.45, 2.75) is 64.3 Å². The van der Waals surface area contributed by atoms with Crippen LogP contribution in [-0.2, 0) is 0 Å². The number of pyridine rings is 1. The molecule has 1 unspecified atom stereocenters. The summed E-state index contributed by atoms with van der Waals surface area (Å²) in [7, 11) is 0. The van der Waals surface area contributed by atoms with E-state index in [1.165, 1.54) is 19.3 Å². The van der Waals surface area contributed by atoms with Crippen molar-refractivity contribution < 1.29 is 9.59 Å². The van der Waals surface area contributed by atoms with E-state index in [1.807, 2.05) is 34.2 Å². The first-order valence-electron chi connectivity index (χ1n) is 10.8. The number of fused-ring (bicyclic) bond motifs is 1. The maximum atomic E-state index is 13.4. The van der Waals surface area contributed by atoms with Crippen molar-refractivity contribution in [3.8, 4) is 0 Å². The lowest BCUT2D eigenvalue weighted by Crippen LogP contribution is -2.44. The molecule has 6 heteroatoms. The maximum absolute atomic E-state index is 13.4. The van der Waals surface area contributed by atoms with Crippen LogP contribution in [0.2, 0.25) is 0 Å². The van der Waals surface area contributed by atoms with Crippen molar-refractivity contribution in [2.75, 3.05) is 19.6 Å². The van der Waals surface area contributed by atoms with Gasteiger partial charge < -0.3 is 9.80 Å². The first-order valence-corrected chi connectivity index (χ1v) is 10.8. The van der Waals surface area contributed by atoms with Crippen molar-refractivity contribution >= 4 is 17.3 Å². The van der Waals surface area contributed by atoms with E-state index >= 15 is 0 Å². The Morgan fingerprint density at radius 1 is 1.00 bits per heavy atom. The van der Waals surface area contributed by atoms with Gasteiger partial charge in [-0.25, -0.2) is 4.98 Å². The molecule has 150 valence electrons. The third-order valence-electron chi connectivity index (χ3n) is 6.19. The van der Waals surface area contributed by atoms with Crippen LogP contribution in [0.3, 0.4) is 0 Å². The second kappa shape index (κ2) is 8.33. The number of hydrogen-bond acceptors (Lipinski definition) is 3. The Hall–Kier alpha value is -2.37. The third kappa shape index (κ3) is 3.52. The van der Waals surface area contributed by atoms with Crippen LogP contribution >= 0.6 is 0 Å². The molecule has 4 heterocycles. The second-order valence-electron chi connectivity index (χ2n) is 8.00. The first kappa shape index (κ1) is 19.0. The number of amides is 2. The highest BCUT2D eigenvalue weighted by Crippen LogP contribution is 2.24. The first-order chi connectivity index (χ1) is 13.7. The molecule has 2 aromatic heterocycles. The number of carbonyl (C=O) groups excluding carboxylic acids is 2. The van der Waals surface area contributed by atoms with E-state index < -0.39 is 0 Å². The third-order valence-corrected chi connectivity index (χ3v) is 6.19. The van der Waals surface area contributed by atoms with Crippen LogP contribution in [-0.4, -0.2) is 56.7 Å². The number of piperidine rings is 1. The fraction of sp³-hybridized carbons (Fsp3) is 0.591. The summed E-state index contributed by atoms with van der Waals surface area (Å²) in [5, 5.41) is 0. The molecule has 2 fully saturated rings. The quantitative estimate of drug-likeness (QED) is 0.812. The van der Waals surface area contributed by atoms with Gasteiger partial charge in [0.05, 0.1) is 5.52 Å². The minimum absolute atomic E-state index is 0.0460. The van der Waals surface area contributed by atoms with Gasteiger partial charge in [-0.05, 0) is 50.7 Å². The molecule has 0 saturated carbocycles. The van der Waals surface area contributed by atoms with Gasteiger partial charge >= 0.3 is 0 Å². The smallest absolute Gasteiger partial charge is 0.290 e. The van der Waals surface area contributed by atoms with E-state index in [9.17, 15) is 9.59 Å². The number of nitrogens with zero attached hydrogens (tertiary/aromatic N) is 4. The standard InChI is InChI=1S/C22H30N4O2/c1-2-17-11-5-9-15-25(17)22(28)20-23-19(18-12-6-10-16-26(18)20)21(27)24-13-7-3-4-8-14-24/h6,10,12,16-17H,2-5,7-9,11,13-15H2,1H3. The van der Waals surface area contributed by atoms with Crippen LogP contribution in [0.5, 0.6) is 0 Å². The summed E-state index contributed by atoms with van der Waals surface area (Å²) < 4.78 is 1.80. The molecule has 28 heavy (non-hydrogen) atoms. The molecule has 2 aromatic rings. The van der Waals surface area contributed by atoms with Crippen molar-refractivity contribution in [1.82, 2.24) is 19.2 Å². The summed E-state index contributed by atoms with van der Waals surface area (Å²) in [5.74, 6) is 0.270. The summed E-state index contributed by atoms with van der Waals surface area (Å²) in [5.41, 5.74) is 1.14. The fourth-order valence-corrected chi connectivity index (χ4v) is 4.59. The molecule has 0 spiro atoms. The van der Waals surface area contributed by atoms with Gasteiger partial charge in [-0.2, -0.15) is 0 Å². The molecule has 6 nitrogen and oxygen atoms in total. The van der Waals surface area contributed by atoms with Gasteiger partial charge in [0.15, 0.2) is 5.69 Å². The van der Waals surface area contributed by atoms with Gasteiger partial charge in [-0.1, -0.05) is 25.8 Å². The van der Waals surface area contributed by atoms with Crippen molar-refractivity contribution in [2.24, 2.45) is 0 Å². The van der Waals surface area contributed by atoms with Crippen LogP contribution in [0.4, 0.5) is 0 Å². The number of rotatable bonds is 3. The SMILES string of the molecule is CCC1CCCCN1C(=O)c1nc(C(=O)N2CCCCCC2)c2ccccn12. The molecule has 4 rings (SSSR count). The predicted molar refractivity (Wildman–Crippen MR) is 109 cm³/mol. The average molecular weight is 383 g/mol. The topological polar surface area (TPSA) is 57.9 Å². The van der Waals surface area contributed by atoms with Crippen LogP contribution in [0.25, 0.3) is 5.52 Å². The van der Waals surface area contributed by atoms with Gasteiger partial charge in [-0.15, -0.1) is 0 Å². The Morgan fingerprint density at radius 2 is 1.75 bits per heavy atom. The highest BCUT2D eigenvalue weighted by atomic mass is 16.2. The lowest BCUT2D eigenvalue weighted by molar-refractivity contribution is 0.0594. The number of imidazole rings is 1. The van der Waals surface area contributed by atoms with E-state index in [2.05, 4.69) is 11.9 Å². The molecule has 0 aliphatic carbocycles. The molecule has 2 saturated heterocycles. The average Bonchev–Trinajstić information content (AvgIpc) is 2.92. The lowest BCUT2D eigenvalue weighted by Gasteiger charge is -2.34. The minimum atomic E-state index is -0.0531. The zero-order valence-electron chi connectivity index (χ0n) is 16.8. The van der Waals surface area contributed by atoms with Gasteiger partial charge in [0.1, 0.15) is 0 Å². The second-order valence-corrected chi connectivity index (χ2v) is 8.00. The van der Waals surface area contributed by atoms with Gasteiger partial charge in [0.25, 0.3) is 11.8 Å². The van der Waals surface area contributed by atoms with Crippen LogP contribution in [0.1, 0.15) is 79.4 Å². The van der Waals surface area contributed by atoms with Crippen molar-refractivity contribution in [3.05, 3.63) is 35.9 Å². The molecule has 2 amide bonds. The zero-order valence-corrected chi connectivity index (χ0v) is 16.8. The lowest BCUT2D eigenvalue weighted by atomic mass is 10.00. The maximum Gasteiger partial charge on any atom is 0.290 e. The van der Waals surface area contributed by atoms with E-state index in [1.54, 1.807) is 4.40 Å². The van der Waals surface area contributed by atoms with E-state index in [0.29, 0.717) is 11.5 Å². The van der Waals surface area contributed by atoms with E-state index in [4.69, 9.17) is 0 Å². The molecular weight excluding hydrogens is 352 g/mol. The molecule has 0 N–H and O–H groups in total. The molecule has 2 aliphatic heterocycles. The number of carbonyl (C=O) groups is 2. The number of likely N-dealkylation sites (tertiary alicyclic amines) is 2. The van der Waals surface area contributed by atoms with Gasteiger partial charge in [0.2, 0.25) is 5.82 Å². The summed E-state index contributed by atoms with van der Waals surface area (Å²) in [6.45, 7) is 4.46. The molecule has 0 aromatic carbocycles. The largest absolute Gasteiger partial charge is 0.337 e. The van der Waals surface area contributed by atoms with Gasteiger partial charge in [-0.3, -0.25) is 14.0 Å².